The Bertz CT molecular complexity index is 325. The van der Waals surface area contributed by atoms with Gasteiger partial charge in [-0.25, -0.2) is 0 Å². The molecule has 0 saturated heterocycles. The molecule has 0 fully saturated rings. The van der Waals surface area contributed by atoms with E-state index >= 15 is 0 Å². The Kier molecular flexibility index (Phi) is 7.05. The largest absolute Gasteiger partial charge is 0.387 e. The van der Waals surface area contributed by atoms with Gasteiger partial charge < -0.3 is 5.11 Å². The maximum Gasteiger partial charge on any atom is 0.0917 e. The molecule has 0 amide bonds. The second kappa shape index (κ2) is 8.37. The summed E-state index contributed by atoms with van der Waals surface area (Å²) in [6, 6.07) is 0. The third-order valence-electron chi connectivity index (χ3n) is 2.76. The smallest absolute Gasteiger partial charge is 0.0917 e. The van der Waals surface area contributed by atoms with Gasteiger partial charge in [-0.1, -0.05) is 36.8 Å². The summed E-state index contributed by atoms with van der Waals surface area (Å²) in [6.45, 7) is 5.82. The fraction of sp³-hybridized carbons (Fsp3) is 0.692. The summed E-state index contributed by atoms with van der Waals surface area (Å²) >= 11 is 1.34. The van der Waals surface area contributed by atoms with Gasteiger partial charge in [-0.2, -0.15) is 0 Å². The van der Waals surface area contributed by atoms with E-state index in [-0.39, 0.29) is 6.10 Å². The molecule has 1 rings (SSSR count). The third-order valence-corrected chi connectivity index (χ3v) is 3.63. The van der Waals surface area contributed by atoms with Crippen LogP contribution in [0.15, 0.2) is 12.7 Å². The van der Waals surface area contributed by atoms with E-state index in [0.29, 0.717) is 0 Å². The lowest BCUT2D eigenvalue weighted by molar-refractivity contribution is 0.166. The van der Waals surface area contributed by atoms with Crippen molar-refractivity contribution in [3.63, 3.8) is 0 Å². The first-order valence-electron chi connectivity index (χ1n) is 6.39. The van der Waals surface area contributed by atoms with Crippen molar-refractivity contribution in [1.82, 2.24) is 9.59 Å². The van der Waals surface area contributed by atoms with Crippen LogP contribution in [-0.4, -0.2) is 14.7 Å². The van der Waals surface area contributed by atoms with Gasteiger partial charge in [0, 0.05) is 0 Å². The van der Waals surface area contributed by atoms with Gasteiger partial charge in [-0.3, -0.25) is 0 Å². The molecule has 0 saturated carbocycles. The van der Waals surface area contributed by atoms with Crippen molar-refractivity contribution in [3.8, 4) is 0 Å². The molecule has 1 N–H and O–H groups in total. The highest BCUT2D eigenvalue weighted by molar-refractivity contribution is 7.05. The van der Waals surface area contributed by atoms with Gasteiger partial charge >= 0.3 is 0 Å². The fourth-order valence-corrected chi connectivity index (χ4v) is 2.53. The first kappa shape index (κ1) is 14.3. The minimum Gasteiger partial charge on any atom is -0.387 e. The molecule has 1 aromatic heterocycles. The molecular weight excluding hydrogens is 232 g/mol. The van der Waals surface area contributed by atoms with Gasteiger partial charge in [-0.15, -0.1) is 11.7 Å². The number of nitrogens with zero attached hydrogens (tertiary/aromatic N) is 2. The highest BCUT2D eigenvalue weighted by Crippen LogP contribution is 2.26. The number of hydrogen-bond donors (Lipinski definition) is 1. The standard InChI is InChI=1S/C13H22N2OS/c1-3-5-6-7-8-10-12(16)13-11(9-4-2)14-15-17-13/h3,12,16H,1,4-10H2,2H3. The molecule has 4 heteroatoms. The molecule has 0 aliphatic rings. The molecule has 0 spiro atoms. The number of allylic oxidation sites excluding steroid dienone is 1. The molecule has 0 aliphatic carbocycles. The first-order chi connectivity index (χ1) is 8.29. The lowest BCUT2D eigenvalue weighted by Crippen LogP contribution is -1.99. The summed E-state index contributed by atoms with van der Waals surface area (Å²) in [5.41, 5.74) is 0.982. The monoisotopic (exact) mass is 254 g/mol. The van der Waals surface area contributed by atoms with Crippen LogP contribution in [0.4, 0.5) is 0 Å². The van der Waals surface area contributed by atoms with Crippen molar-refractivity contribution in [2.75, 3.05) is 0 Å². The molecular formula is C13H22N2OS. The molecule has 1 aromatic rings. The van der Waals surface area contributed by atoms with Crippen molar-refractivity contribution in [2.24, 2.45) is 0 Å². The highest BCUT2D eigenvalue weighted by Gasteiger charge is 2.15. The molecule has 3 nitrogen and oxygen atoms in total. The van der Waals surface area contributed by atoms with Gasteiger partial charge in [0.25, 0.3) is 0 Å². The summed E-state index contributed by atoms with van der Waals surface area (Å²) in [6.07, 6.45) is 8.79. The maximum atomic E-state index is 10.1. The van der Waals surface area contributed by atoms with Crippen molar-refractivity contribution in [1.29, 1.82) is 0 Å². The van der Waals surface area contributed by atoms with Gasteiger partial charge in [-0.05, 0) is 37.2 Å². The number of rotatable bonds is 9. The summed E-state index contributed by atoms with van der Waals surface area (Å²) < 4.78 is 3.94. The van der Waals surface area contributed by atoms with Crippen LogP contribution in [0.1, 0.15) is 62.1 Å². The zero-order valence-electron chi connectivity index (χ0n) is 10.6. The van der Waals surface area contributed by atoms with Crippen LogP contribution in [0.25, 0.3) is 0 Å². The second-order valence-corrected chi connectivity index (χ2v) is 5.06. The predicted octanol–water partition coefficient (Wildman–Crippen LogP) is 3.66. The van der Waals surface area contributed by atoms with Crippen molar-refractivity contribution < 1.29 is 5.11 Å². The number of unbranched alkanes of at least 4 members (excludes halogenated alkanes) is 3. The van der Waals surface area contributed by atoms with Crippen LogP contribution in [0.2, 0.25) is 0 Å². The zero-order valence-corrected chi connectivity index (χ0v) is 11.4. The van der Waals surface area contributed by atoms with E-state index < -0.39 is 0 Å². The van der Waals surface area contributed by atoms with E-state index in [1.807, 2.05) is 6.08 Å². The third kappa shape index (κ3) is 4.96. The predicted molar refractivity (Wildman–Crippen MR) is 72.1 cm³/mol. The summed E-state index contributed by atoms with van der Waals surface area (Å²) in [5.74, 6) is 0. The van der Waals surface area contributed by atoms with E-state index in [1.54, 1.807) is 0 Å². The Morgan fingerprint density at radius 3 is 2.94 bits per heavy atom. The summed E-state index contributed by atoms with van der Waals surface area (Å²) in [7, 11) is 0. The Hall–Kier alpha value is -0.740. The Labute approximate surface area is 108 Å². The average Bonchev–Trinajstić information content (AvgIpc) is 2.77. The van der Waals surface area contributed by atoms with E-state index in [4.69, 9.17) is 0 Å². The van der Waals surface area contributed by atoms with Crippen LogP contribution in [0, 0.1) is 0 Å². The Morgan fingerprint density at radius 2 is 2.24 bits per heavy atom. The second-order valence-electron chi connectivity index (χ2n) is 4.28. The minimum absolute atomic E-state index is 0.375. The lowest BCUT2D eigenvalue weighted by atomic mass is 10.1. The minimum atomic E-state index is -0.375. The molecule has 0 radical (unpaired) electrons. The highest BCUT2D eigenvalue weighted by atomic mass is 32.1. The molecule has 1 unspecified atom stereocenters. The number of aliphatic hydroxyl groups is 1. The normalized spacial score (nSPS) is 12.6. The van der Waals surface area contributed by atoms with Gasteiger partial charge in [0.05, 0.1) is 16.7 Å². The number of hydrogen-bond acceptors (Lipinski definition) is 4. The van der Waals surface area contributed by atoms with Crippen molar-refractivity contribution in [3.05, 3.63) is 23.2 Å². The molecule has 17 heavy (non-hydrogen) atoms. The number of aliphatic hydroxyl groups excluding tert-OH is 1. The maximum absolute atomic E-state index is 10.1. The number of aryl methyl sites for hydroxylation is 1. The van der Waals surface area contributed by atoms with E-state index in [0.717, 1.165) is 49.1 Å². The molecule has 96 valence electrons. The first-order valence-corrected chi connectivity index (χ1v) is 7.17. The molecule has 0 bridgehead atoms. The molecule has 0 aromatic carbocycles. The Morgan fingerprint density at radius 1 is 1.41 bits per heavy atom. The van der Waals surface area contributed by atoms with Crippen LogP contribution < -0.4 is 0 Å². The number of aromatic nitrogens is 2. The Balaban J connectivity index is 2.32. The fourth-order valence-electron chi connectivity index (χ4n) is 1.81. The van der Waals surface area contributed by atoms with E-state index in [1.165, 1.54) is 18.0 Å². The van der Waals surface area contributed by atoms with Gasteiger partial charge in [0.2, 0.25) is 0 Å². The van der Waals surface area contributed by atoms with Crippen LogP contribution in [-0.2, 0) is 6.42 Å². The zero-order chi connectivity index (χ0) is 12.5. The van der Waals surface area contributed by atoms with Crippen LogP contribution in [0.5, 0.6) is 0 Å². The lowest BCUT2D eigenvalue weighted by Gasteiger charge is -2.08. The van der Waals surface area contributed by atoms with Gasteiger partial charge in [0.1, 0.15) is 0 Å². The van der Waals surface area contributed by atoms with Crippen molar-refractivity contribution in [2.45, 2.75) is 58.0 Å². The summed E-state index contributed by atoms with van der Waals surface area (Å²) in [5, 5.41) is 14.2. The van der Waals surface area contributed by atoms with Crippen LogP contribution >= 0.6 is 11.5 Å². The van der Waals surface area contributed by atoms with Crippen molar-refractivity contribution >= 4 is 11.5 Å². The molecule has 1 heterocycles. The average molecular weight is 254 g/mol. The molecule has 0 aliphatic heterocycles. The van der Waals surface area contributed by atoms with Crippen LogP contribution in [0.3, 0.4) is 0 Å². The quantitative estimate of drug-likeness (QED) is 0.540. The van der Waals surface area contributed by atoms with E-state index in [9.17, 15) is 5.11 Å². The molecule has 1 atom stereocenters. The SMILES string of the molecule is C=CCCCCCC(O)c1snnc1CCC. The van der Waals surface area contributed by atoms with E-state index in [2.05, 4.69) is 23.1 Å². The topological polar surface area (TPSA) is 46.0 Å². The van der Waals surface area contributed by atoms with Gasteiger partial charge in [0.15, 0.2) is 0 Å². The summed E-state index contributed by atoms with van der Waals surface area (Å²) in [4.78, 5) is 0.968.